The van der Waals surface area contributed by atoms with Crippen molar-refractivity contribution < 1.29 is 0 Å². The molecule has 86 valence electrons. The van der Waals surface area contributed by atoms with E-state index in [4.69, 9.17) is 5.26 Å². The summed E-state index contributed by atoms with van der Waals surface area (Å²) in [4.78, 5) is 10.6. The van der Waals surface area contributed by atoms with Crippen LogP contribution in [-0.2, 0) is 6.42 Å². The number of hydrogen-bond donors (Lipinski definition) is 0. The van der Waals surface area contributed by atoms with Gasteiger partial charge in [-0.1, -0.05) is 13.3 Å². The van der Waals surface area contributed by atoms with Crippen LogP contribution < -0.4 is 4.90 Å². The summed E-state index contributed by atoms with van der Waals surface area (Å²) in [6, 6.07) is 4.18. The first-order chi connectivity index (χ1) is 7.81. The third-order valence-electron chi connectivity index (χ3n) is 2.41. The number of nitriles is 1. The molecule has 1 rings (SSSR count). The summed E-state index contributed by atoms with van der Waals surface area (Å²) < 4.78 is 0. The first-order valence-electron chi connectivity index (χ1n) is 5.74. The molecule has 0 amide bonds. The van der Waals surface area contributed by atoms with Gasteiger partial charge in [-0.05, 0) is 13.3 Å². The van der Waals surface area contributed by atoms with E-state index < -0.39 is 0 Å². The highest BCUT2D eigenvalue weighted by atomic mass is 15.2. The zero-order chi connectivity index (χ0) is 11.8. The highest BCUT2D eigenvalue weighted by Crippen LogP contribution is 2.12. The molecule has 0 N–H and O–H groups in total. The molecule has 1 aromatic heterocycles. The predicted molar refractivity (Wildman–Crippen MR) is 64.1 cm³/mol. The molecule has 0 saturated carbocycles. The molecule has 0 aliphatic rings. The Kier molecular flexibility index (Phi) is 5.27. The Bertz CT molecular complexity index is 356. The van der Waals surface area contributed by atoms with Gasteiger partial charge in [0.15, 0.2) is 0 Å². The van der Waals surface area contributed by atoms with Crippen molar-refractivity contribution in [2.24, 2.45) is 0 Å². The van der Waals surface area contributed by atoms with Gasteiger partial charge in [-0.15, -0.1) is 0 Å². The summed E-state index contributed by atoms with van der Waals surface area (Å²) in [5.41, 5.74) is 1.07. The quantitative estimate of drug-likeness (QED) is 0.734. The topological polar surface area (TPSA) is 52.8 Å². The molecule has 0 bridgehead atoms. The van der Waals surface area contributed by atoms with Crippen LogP contribution in [0.15, 0.2) is 12.4 Å². The molecule has 0 radical (unpaired) electrons. The Labute approximate surface area is 96.9 Å². The number of nitrogens with zero attached hydrogens (tertiary/aromatic N) is 4. The van der Waals surface area contributed by atoms with E-state index in [1.54, 1.807) is 6.33 Å². The van der Waals surface area contributed by atoms with Crippen molar-refractivity contribution in [3.05, 3.63) is 18.1 Å². The van der Waals surface area contributed by atoms with Crippen molar-refractivity contribution in [1.82, 2.24) is 9.97 Å². The largest absolute Gasteiger partial charge is 0.356 e. The molecule has 16 heavy (non-hydrogen) atoms. The molecule has 0 aromatic carbocycles. The van der Waals surface area contributed by atoms with Gasteiger partial charge in [0.05, 0.1) is 12.5 Å². The lowest BCUT2D eigenvalue weighted by atomic mass is 10.2. The Morgan fingerprint density at radius 2 is 2.19 bits per heavy atom. The van der Waals surface area contributed by atoms with Gasteiger partial charge in [-0.2, -0.15) is 5.26 Å². The number of aromatic nitrogens is 2. The monoisotopic (exact) mass is 218 g/mol. The maximum Gasteiger partial charge on any atom is 0.132 e. The molecule has 0 aliphatic heterocycles. The maximum atomic E-state index is 8.59. The normalized spacial score (nSPS) is 9.81. The minimum absolute atomic E-state index is 0.529. The number of hydrogen-bond acceptors (Lipinski definition) is 4. The van der Waals surface area contributed by atoms with Crippen molar-refractivity contribution in [3.8, 4) is 6.07 Å². The molecular formula is C12H18N4. The van der Waals surface area contributed by atoms with E-state index in [0.717, 1.165) is 37.4 Å². The van der Waals surface area contributed by atoms with E-state index >= 15 is 0 Å². The Morgan fingerprint density at radius 1 is 1.38 bits per heavy atom. The second-order valence-corrected chi connectivity index (χ2v) is 3.61. The average molecular weight is 218 g/mol. The molecule has 4 heteroatoms. The van der Waals surface area contributed by atoms with Gasteiger partial charge >= 0.3 is 0 Å². The Balaban J connectivity index is 2.75. The van der Waals surface area contributed by atoms with Crippen molar-refractivity contribution in [2.75, 3.05) is 18.0 Å². The SMILES string of the molecule is CCCc1cc(N(CC)CCC#N)ncn1. The van der Waals surface area contributed by atoms with Crippen LogP contribution in [0.4, 0.5) is 5.82 Å². The standard InChI is InChI=1S/C12H18N4/c1-3-6-11-9-12(15-10-14-11)16(4-2)8-5-7-13/h9-10H,3-6,8H2,1-2H3. The molecule has 0 spiro atoms. The maximum absolute atomic E-state index is 8.59. The minimum Gasteiger partial charge on any atom is -0.356 e. The van der Waals surface area contributed by atoms with Gasteiger partial charge in [-0.25, -0.2) is 9.97 Å². The van der Waals surface area contributed by atoms with E-state index in [2.05, 4.69) is 34.8 Å². The van der Waals surface area contributed by atoms with E-state index in [-0.39, 0.29) is 0 Å². The van der Waals surface area contributed by atoms with Crippen LogP contribution in [0.25, 0.3) is 0 Å². The van der Waals surface area contributed by atoms with Crippen LogP contribution in [0.5, 0.6) is 0 Å². The van der Waals surface area contributed by atoms with Crippen molar-refractivity contribution in [1.29, 1.82) is 5.26 Å². The summed E-state index contributed by atoms with van der Waals surface area (Å²) in [6.07, 6.45) is 4.20. The average Bonchev–Trinajstić information content (AvgIpc) is 2.31. The van der Waals surface area contributed by atoms with Crippen LogP contribution in [0.1, 0.15) is 32.4 Å². The fourth-order valence-electron chi connectivity index (χ4n) is 1.57. The van der Waals surface area contributed by atoms with Crippen LogP contribution in [-0.4, -0.2) is 23.1 Å². The van der Waals surface area contributed by atoms with Crippen LogP contribution in [0, 0.1) is 11.3 Å². The van der Waals surface area contributed by atoms with Crippen molar-refractivity contribution in [2.45, 2.75) is 33.1 Å². The van der Waals surface area contributed by atoms with E-state index in [1.165, 1.54) is 0 Å². The fourth-order valence-corrected chi connectivity index (χ4v) is 1.57. The smallest absolute Gasteiger partial charge is 0.132 e. The molecule has 4 nitrogen and oxygen atoms in total. The fraction of sp³-hybridized carbons (Fsp3) is 0.583. The Hall–Kier alpha value is -1.63. The first-order valence-corrected chi connectivity index (χ1v) is 5.74. The molecule has 0 unspecified atom stereocenters. The molecule has 0 saturated heterocycles. The summed E-state index contributed by atoms with van der Waals surface area (Å²) in [5.74, 6) is 0.927. The molecular weight excluding hydrogens is 200 g/mol. The van der Waals surface area contributed by atoms with E-state index in [9.17, 15) is 0 Å². The van der Waals surface area contributed by atoms with Gasteiger partial charge in [0, 0.05) is 24.8 Å². The third kappa shape index (κ3) is 3.50. The van der Waals surface area contributed by atoms with Gasteiger partial charge < -0.3 is 4.90 Å². The van der Waals surface area contributed by atoms with Gasteiger partial charge in [0.25, 0.3) is 0 Å². The lowest BCUT2D eigenvalue weighted by molar-refractivity contribution is 0.796. The number of rotatable bonds is 6. The summed E-state index contributed by atoms with van der Waals surface area (Å²) >= 11 is 0. The number of anilines is 1. The molecule has 0 aliphatic carbocycles. The molecule has 1 aromatic rings. The Morgan fingerprint density at radius 3 is 2.81 bits per heavy atom. The lowest BCUT2D eigenvalue weighted by Crippen LogP contribution is -2.24. The molecule has 1 heterocycles. The van der Waals surface area contributed by atoms with Gasteiger partial charge in [-0.3, -0.25) is 0 Å². The van der Waals surface area contributed by atoms with Gasteiger partial charge in [0.1, 0.15) is 12.1 Å². The molecule has 0 fully saturated rings. The van der Waals surface area contributed by atoms with Crippen LogP contribution in [0.2, 0.25) is 0 Å². The summed E-state index contributed by atoms with van der Waals surface area (Å²) in [7, 11) is 0. The second kappa shape index (κ2) is 6.78. The van der Waals surface area contributed by atoms with E-state index in [1.807, 2.05) is 6.07 Å². The minimum atomic E-state index is 0.529. The van der Waals surface area contributed by atoms with Gasteiger partial charge in [0.2, 0.25) is 0 Å². The van der Waals surface area contributed by atoms with Crippen LogP contribution >= 0.6 is 0 Å². The highest BCUT2D eigenvalue weighted by Gasteiger charge is 2.06. The van der Waals surface area contributed by atoms with Crippen molar-refractivity contribution in [3.63, 3.8) is 0 Å². The highest BCUT2D eigenvalue weighted by molar-refractivity contribution is 5.38. The zero-order valence-corrected chi connectivity index (χ0v) is 9.98. The second-order valence-electron chi connectivity index (χ2n) is 3.61. The summed E-state index contributed by atoms with van der Waals surface area (Å²) in [5, 5.41) is 8.59. The third-order valence-corrected chi connectivity index (χ3v) is 2.41. The first kappa shape index (κ1) is 12.4. The number of aryl methyl sites for hydroxylation is 1. The van der Waals surface area contributed by atoms with E-state index in [0.29, 0.717) is 6.42 Å². The van der Waals surface area contributed by atoms with Crippen LogP contribution in [0.3, 0.4) is 0 Å². The lowest BCUT2D eigenvalue weighted by Gasteiger charge is -2.20. The molecule has 0 atom stereocenters. The zero-order valence-electron chi connectivity index (χ0n) is 9.98. The summed E-state index contributed by atoms with van der Waals surface area (Å²) in [6.45, 7) is 5.80. The predicted octanol–water partition coefficient (Wildman–Crippen LogP) is 2.17. The van der Waals surface area contributed by atoms with Crippen molar-refractivity contribution >= 4 is 5.82 Å².